The minimum atomic E-state index is -3.75. The first-order valence-electron chi connectivity index (χ1n) is 14.0. The van der Waals surface area contributed by atoms with Crippen molar-refractivity contribution in [2.45, 2.75) is 50.5 Å². The Bertz CT molecular complexity index is 1470. The number of nitrogens with zero attached hydrogens (tertiary/aromatic N) is 3. The van der Waals surface area contributed by atoms with Crippen LogP contribution in [0.3, 0.4) is 0 Å². The monoisotopic (exact) mass is 600 g/mol. The number of piperidine rings is 1. The van der Waals surface area contributed by atoms with Gasteiger partial charge in [0.05, 0.1) is 36.9 Å². The average molecular weight is 601 g/mol. The second kappa shape index (κ2) is 12.9. The summed E-state index contributed by atoms with van der Waals surface area (Å²) < 4.78 is 39.8. The van der Waals surface area contributed by atoms with Crippen LogP contribution in [0.25, 0.3) is 0 Å². The van der Waals surface area contributed by atoms with Crippen molar-refractivity contribution in [1.82, 2.24) is 19.6 Å². The molecule has 2 aliphatic rings. The minimum absolute atomic E-state index is 0.0204. The quantitative estimate of drug-likeness (QED) is 0.304. The third-order valence-electron chi connectivity index (χ3n) is 7.23. The molecule has 41 heavy (non-hydrogen) atoms. The van der Waals surface area contributed by atoms with Crippen LogP contribution in [0.4, 0.5) is 23.1 Å². The van der Waals surface area contributed by atoms with Crippen LogP contribution in [0.2, 0.25) is 5.02 Å². The maximum Gasteiger partial charge on any atom is 0.245 e. The van der Waals surface area contributed by atoms with Gasteiger partial charge in [-0.15, -0.1) is 0 Å². The van der Waals surface area contributed by atoms with Gasteiger partial charge >= 0.3 is 0 Å². The van der Waals surface area contributed by atoms with Gasteiger partial charge in [-0.3, -0.25) is 0 Å². The van der Waals surface area contributed by atoms with Crippen LogP contribution in [-0.2, 0) is 14.8 Å². The third-order valence-corrected chi connectivity index (χ3v) is 9.46. The number of anilines is 4. The van der Waals surface area contributed by atoms with Gasteiger partial charge in [-0.25, -0.2) is 13.4 Å². The van der Waals surface area contributed by atoms with E-state index in [1.807, 2.05) is 13.8 Å². The van der Waals surface area contributed by atoms with Gasteiger partial charge in [-0.05, 0) is 88.0 Å². The van der Waals surface area contributed by atoms with Crippen LogP contribution in [-0.4, -0.2) is 68.2 Å². The van der Waals surface area contributed by atoms with E-state index in [2.05, 4.69) is 45.0 Å². The van der Waals surface area contributed by atoms with Crippen LogP contribution in [0.5, 0.6) is 5.75 Å². The average Bonchev–Trinajstić information content (AvgIpc) is 2.97. The van der Waals surface area contributed by atoms with Crippen molar-refractivity contribution in [2.24, 2.45) is 0 Å². The van der Waals surface area contributed by atoms with Crippen LogP contribution in [0.15, 0.2) is 47.5 Å². The summed E-state index contributed by atoms with van der Waals surface area (Å²) in [5, 5.41) is 10.2. The molecular formula is C29H37ClN6O4S. The second-order valence-electron chi connectivity index (χ2n) is 10.5. The van der Waals surface area contributed by atoms with E-state index in [0.717, 1.165) is 31.6 Å². The van der Waals surface area contributed by atoms with Crippen molar-refractivity contribution in [3.8, 4) is 5.75 Å². The molecule has 12 heteroatoms. The summed E-state index contributed by atoms with van der Waals surface area (Å²) in [6, 6.07) is 10.9. The number of aryl methyl sites for hydroxylation is 1. The first-order chi connectivity index (χ1) is 19.7. The van der Waals surface area contributed by atoms with E-state index in [-0.39, 0.29) is 21.8 Å². The van der Waals surface area contributed by atoms with Crippen molar-refractivity contribution in [3.63, 3.8) is 0 Å². The Morgan fingerprint density at radius 1 is 1.10 bits per heavy atom. The van der Waals surface area contributed by atoms with E-state index in [1.165, 1.54) is 21.6 Å². The van der Waals surface area contributed by atoms with Crippen LogP contribution >= 0.6 is 11.6 Å². The topological polar surface area (TPSA) is 118 Å². The molecule has 220 valence electrons. The van der Waals surface area contributed by atoms with Crippen LogP contribution < -0.4 is 20.7 Å². The number of sulfonamides is 1. The second-order valence-corrected chi connectivity index (χ2v) is 12.9. The molecule has 0 amide bonds. The van der Waals surface area contributed by atoms with Crippen molar-refractivity contribution >= 4 is 44.8 Å². The van der Waals surface area contributed by atoms with Gasteiger partial charge < -0.3 is 25.4 Å². The molecule has 2 aliphatic heterocycles. The fourth-order valence-corrected chi connectivity index (χ4v) is 6.90. The number of halogens is 1. The van der Waals surface area contributed by atoms with E-state index >= 15 is 0 Å². The number of ether oxygens (including phenoxy) is 2. The lowest BCUT2D eigenvalue weighted by Crippen LogP contribution is -2.40. The third kappa shape index (κ3) is 6.92. The highest BCUT2D eigenvalue weighted by atomic mass is 35.5. The zero-order valence-electron chi connectivity index (χ0n) is 23.6. The minimum Gasteiger partial charge on any atom is -0.489 e. The van der Waals surface area contributed by atoms with Crippen molar-refractivity contribution in [3.05, 3.63) is 58.7 Å². The Labute approximate surface area is 246 Å². The Hall–Kier alpha value is -2.96. The molecule has 0 saturated carbocycles. The molecule has 1 aromatic heterocycles. The Morgan fingerprint density at radius 3 is 2.56 bits per heavy atom. The smallest absolute Gasteiger partial charge is 0.245 e. The number of hydrogen-bond donors (Lipinski definition) is 3. The Morgan fingerprint density at radius 2 is 1.83 bits per heavy atom. The molecule has 3 heterocycles. The van der Waals surface area contributed by atoms with Crippen molar-refractivity contribution < 1.29 is 17.9 Å². The van der Waals surface area contributed by atoms with Crippen LogP contribution in [0, 0.1) is 6.92 Å². The molecule has 0 atom stereocenters. The van der Waals surface area contributed by atoms with Gasteiger partial charge in [-0.1, -0.05) is 23.7 Å². The van der Waals surface area contributed by atoms with Gasteiger partial charge in [0.1, 0.15) is 15.7 Å². The summed E-state index contributed by atoms with van der Waals surface area (Å²) in [6.45, 7) is 9.42. The standard InChI is InChI=1S/C29H37ClN6O4S/c1-19(2)40-26-16-20(3)22(21-8-10-31-11-9-21)17-25(26)34-29-32-18-23(30)28(35-29)33-24-6-4-5-7-27(24)41(37,38)36-12-14-39-15-13-36/h4-7,16-19,21,31H,8-15H2,1-3H3,(H2,32,33,34,35). The first-order valence-corrected chi connectivity index (χ1v) is 15.8. The number of rotatable bonds is 9. The first kappa shape index (κ1) is 29.5. The van der Waals surface area contributed by atoms with Gasteiger partial charge in [0, 0.05) is 13.1 Å². The number of hydrogen-bond acceptors (Lipinski definition) is 9. The normalized spacial score (nSPS) is 17.0. The van der Waals surface area contributed by atoms with Gasteiger partial charge in [-0.2, -0.15) is 9.29 Å². The predicted octanol–water partition coefficient (Wildman–Crippen LogP) is 5.20. The fraction of sp³-hybridized carbons (Fsp3) is 0.448. The summed E-state index contributed by atoms with van der Waals surface area (Å²) in [5.41, 5.74) is 3.61. The molecule has 3 aromatic rings. The lowest BCUT2D eigenvalue weighted by molar-refractivity contribution is 0.0730. The highest BCUT2D eigenvalue weighted by Crippen LogP contribution is 2.37. The molecule has 3 N–H and O–H groups in total. The van der Waals surface area contributed by atoms with E-state index in [1.54, 1.807) is 24.3 Å². The lowest BCUT2D eigenvalue weighted by Gasteiger charge is -2.27. The summed E-state index contributed by atoms with van der Waals surface area (Å²) >= 11 is 6.49. The number of nitrogens with one attached hydrogen (secondary N) is 3. The van der Waals surface area contributed by atoms with Crippen LogP contribution in [0.1, 0.15) is 43.7 Å². The largest absolute Gasteiger partial charge is 0.489 e. The van der Waals surface area contributed by atoms with Gasteiger partial charge in [0.25, 0.3) is 0 Å². The van der Waals surface area contributed by atoms with E-state index in [9.17, 15) is 8.42 Å². The summed E-state index contributed by atoms with van der Waals surface area (Å²) in [7, 11) is -3.75. The molecule has 2 fully saturated rings. The summed E-state index contributed by atoms with van der Waals surface area (Å²) in [6.07, 6.45) is 3.61. The molecule has 5 rings (SSSR count). The van der Waals surface area contributed by atoms with Gasteiger partial charge in [0.15, 0.2) is 5.82 Å². The summed E-state index contributed by atoms with van der Waals surface area (Å²) in [5.74, 6) is 1.76. The molecule has 2 saturated heterocycles. The van der Waals surface area contributed by atoms with Crippen molar-refractivity contribution in [2.75, 3.05) is 50.0 Å². The molecule has 0 bridgehead atoms. The molecular weight excluding hydrogens is 564 g/mol. The molecule has 10 nitrogen and oxygen atoms in total. The number of morpholine rings is 1. The Kier molecular flexibility index (Phi) is 9.30. The predicted molar refractivity (Wildman–Crippen MR) is 161 cm³/mol. The lowest BCUT2D eigenvalue weighted by atomic mass is 9.87. The van der Waals surface area contributed by atoms with Crippen molar-refractivity contribution in [1.29, 1.82) is 0 Å². The number of aromatic nitrogens is 2. The zero-order chi connectivity index (χ0) is 29.0. The highest BCUT2D eigenvalue weighted by Gasteiger charge is 2.29. The summed E-state index contributed by atoms with van der Waals surface area (Å²) in [4.78, 5) is 9.17. The zero-order valence-corrected chi connectivity index (χ0v) is 25.2. The highest BCUT2D eigenvalue weighted by molar-refractivity contribution is 7.89. The van der Waals surface area contributed by atoms with E-state index < -0.39 is 10.0 Å². The molecule has 0 spiro atoms. The van der Waals surface area contributed by atoms with E-state index in [4.69, 9.17) is 21.1 Å². The van der Waals surface area contributed by atoms with Gasteiger partial charge in [0.2, 0.25) is 16.0 Å². The number of para-hydroxylation sites is 1. The number of benzene rings is 2. The molecule has 0 unspecified atom stereocenters. The molecule has 2 aromatic carbocycles. The van der Waals surface area contributed by atoms with E-state index in [0.29, 0.717) is 49.6 Å². The maximum absolute atomic E-state index is 13.4. The fourth-order valence-electron chi connectivity index (χ4n) is 5.20. The SMILES string of the molecule is Cc1cc(OC(C)C)c(Nc2ncc(Cl)c(Nc3ccccc3S(=O)(=O)N3CCOCC3)n2)cc1C1CCNCC1. The molecule has 0 aliphatic carbocycles. The Balaban J connectivity index is 1.45. The molecule has 0 radical (unpaired) electrons. The maximum atomic E-state index is 13.4.